The molecule has 118 valence electrons. The Morgan fingerprint density at radius 1 is 1.14 bits per heavy atom. The van der Waals surface area contributed by atoms with E-state index in [1.54, 1.807) is 11.8 Å². The molecule has 1 aromatic heterocycles. The normalized spacial score (nSPS) is 22.0. The highest BCUT2D eigenvalue weighted by atomic mass is 32.2. The maximum atomic E-state index is 12.1. The number of hydrogen-bond acceptors (Lipinski definition) is 5. The minimum atomic E-state index is 0.329. The third-order valence-electron chi connectivity index (χ3n) is 4.73. The summed E-state index contributed by atoms with van der Waals surface area (Å²) < 4.78 is 0. The largest absolute Gasteiger partial charge is 0.353 e. The van der Waals surface area contributed by atoms with Crippen LogP contribution in [0.5, 0.6) is 0 Å². The molecule has 22 heavy (non-hydrogen) atoms. The van der Waals surface area contributed by atoms with Crippen molar-refractivity contribution in [1.82, 2.24) is 14.9 Å². The zero-order valence-corrected chi connectivity index (χ0v) is 13.8. The van der Waals surface area contributed by atoms with E-state index >= 15 is 0 Å². The van der Waals surface area contributed by atoms with E-state index in [4.69, 9.17) is 0 Å². The standard InChI is InChI=1S/C16H22N4OS/c1-22-16-17-13(11-2-3-11)10-14(18-16)19-6-8-20(9-7-19)15(21)12-4-5-12/h10-12H,2-9H2,1H3. The molecule has 3 fully saturated rings. The lowest BCUT2D eigenvalue weighted by atomic mass is 10.2. The molecule has 2 aliphatic carbocycles. The molecular weight excluding hydrogens is 296 g/mol. The van der Waals surface area contributed by atoms with E-state index in [0.29, 0.717) is 17.7 Å². The first kappa shape index (κ1) is 14.3. The minimum Gasteiger partial charge on any atom is -0.353 e. The monoisotopic (exact) mass is 318 g/mol. The van der Waals surface area contributed by atoms with Gasteiger partial charge in [0.05, 0.1) is 5.69 Å². The fourth-order valence-electron chi connectivity index (χ4n) is 3.02. The van der Waals surface area contributed by atoms with Crippen LogP contribution in [-0.4, -0.2) is 53.2 Å². The van der Waals surface area contributed by atoms with Gasteiger partial charge in [0.15, 0.2) is 5.16 Å². The molecule has 1 aromatic rings. The highest BCUT2D eigenvalue weighted by Crippen LogP contribution is 2.40. The fourth-order valence-corrected chi connectivity index (χ4v) is 3.40. The van der Waals surface area contributed by atoms with Crippen LogP contribution in [0.15, 0.2) is 11.2 Å². The van der Waals surface area contributed by atoms with E-state index in [2.05, 4.69) is 20.9 Å². The number of rotatable bonds is 4. The van der Waals surface area contributed by atoms with E-state index in [9.17, 15) is 4.79 Å². The summed E-state index contributed by atoms with van der Waals surface area (Å²) in [7, 11) is 0. The Morgan fingerprint density at radius 3 is 2.45 bits per heavy atom. The van der Waals surface area contributed by atoms with Gasteiger partial charge in [-0.15, -0.1) is 0 Å². The van der Waals surface area contributed by atoms with Gasteiger partial charge in [-0.25, -0.2) is 9.97 Å². The summed E-state index contributed by atoms with van der Waals surface area (Å²) in [6.45, 7) is 3.42. The van der Waals surface area contributed by atoms with Crippen molar-refractivity contribution in [2.24, 2.45) is 5.92 Å². The number of hydrogen-bond donors (Lipinski definition) is 0. The third kappa shape index (κ3) is 2.93. The molecule has 0 atom stereocenters. The van der Waals surface area contributed by atoms with Crippen molar-refractivity contribution in [3.63, 3.8) is 0 Å². The lowest BCUT2D eigenvalue weighted by molar-refractivity contribution is -0.132. The Labute approximate surface area is 135 Å². The van der Waals surface area contributed by atoms with E-state index in [-0.39, 0.29) is 0 Å². The number of nitrogens with zero attached hydrogens (tertiary/aromatic N) is 4. The smallest absolute Gasteiger partial charge is 0.225 e. The first-order valence-electron chi connectivity index (χ1n) is 8.21. The summed E-state index contributed by atoms with van der Waals surface area (Å²) >= 11 is 1.61. The predicted molar refractivity (Wildman–Crippen MR) is 87.3 cm³/mol. The molecular formula is C16H22N4OS. The average molecular weight is 318 g/mol. The van der Waals surface area contributed by atoms with Gasteiger partial charge >= 0.3 is 0 Å². The van der Waals surface area contributed by atoms with Crippen molar-refractivity contribution in [1.29, 1.82) is 0 Å². The Hall–Kier alpha value is -1.30. The zero-order chi connectivity index (χ0) is 15.1. The van der Waals surface area contributed by atoms with Crippen LogP contribution in [-0.2, 0) is 4.79 Å². The van der Waals surface area contributed by atoms with Gasteiger partial charge in [-0.2, -0.15) is 0 Å². The maximum absolute atomic E-state index is 12.1. The first-order valence-corrected chi connectivity index (χ1v) is 9.44. The van der Waals surface area contributed by atoms with Crippen molar-refractivity contribution in [3.8, 4) is 0 Å². The average Bonchev–Trinajstić information content (AvgIpc) is 3.45. The van der Waals surface area contributed by atoms with Crippen molar-refractivity contribution < 1.29 is 4.79 Å². The topological polar surface area (TPSA) is 49.3 Å². The van der Waals surface area contributed by atoms with Crippen molar-refractivity contribution >= 4 is 23.5 Å². The van der Waals surface area contributed by atoms with E-state index in [0.717, 1.165) is 50.0 Å². The molecule has 1 amide bonds. The van der Waals surface area contributed by atoms with Crippen LogP contribution in [0.25, 0.3) is 0 Å². The van der Waals surface area contributed by atoms with Gasteiger partial charge < -0.3 is 9.80 Å². The summed E-state index contributed by atoms with van der Waals surface area (Å²) in [5, 5.41) is 0.871. The van der Waals surface area contributed by atoms with Gasteiger partial charge in [-0.1, -0.05) is 11.8 Å². The number of anilines is 1. The molecule has 1 saturated heterocycles. The molecule has 0 aromatic carbocycles. The van der Waals surface area contributed by atoms with Gasteiger partial charge in [0.25, 0.3) is 0 Å². The summed E-state index contributed by atoms with van der Waals surface area (Å²) in [4.78, 5) is 25.8. The molecule has 2 saturated carbocycles. The second-order valence-corrected chi connectivity index (χ2v) is 7.27. The fraction of sp³-hybridized carbons (Fsp3) is 0.688. The second-order valence-electron chi connectivity index (χ2n) is 6.50. The van der Waals surface area contributed by atoms with Crippen LogP contribution in [0.4, 0.5) is 5.82 Å². The number of carbonyl (C=O) groups is 1. The summed E-state index contributed by atoms with van der Waals surface area (Å²) in [5.74, 6) is 2.38. The Kier molecular flexibility index (Phi) is 3.72. The van der Waals surface area contributed by atoms with Gasteiger partial charge in [-0.3, -0.25) is 4.79 Å². The molecule has 5 nitrogen and oxygen atoms in total. The van der Waals surface area contributed by atoms with Crippen molar-refractivity contribution in [2.45, 2.75) is 36.8 Å². The molecule has 0 bridgehead atoms. The van der Waals surface area contributed by atoms with E-state index < -0.39 is 0 Å². The molecule has 0 radical (unpaired) electrons. The van der Waals surface area contributed by atoms with E-state index in [1.807, 2.05) is 11.2 Å². The molecule has 0 spiro atoms. The first-order chi connectivity index (χ1) is 10.7. The lowest BCUT2D eigenvalue weighted by Gasteiger charge is -2.35. The van der Waals surface area contributed by atoms with Gasteiger partial charge in [0, 0.05) is 44.1 Å². The molecule has 1 aliphatic heterocycles. The van der Waals surface area contributed by atoms with Crippen LogP contribution >= 0.6 is 11.8 Å². The molecule has 4 rings (SSSR count). The molecule has 2 heterocycles. The number of piperazine rings is 1. The SMILES string of the molecule is CSc1nc(C2CC2)cc(N2CCN(C(=O)C3CC3)CC2)n1. The highest BCUT2D eigenvalue weighted by molar-refractivity contribution is 7.98. The van der Waals surface area contributed by atoms with Crippen LogP contribution in [0, 0.1) is 5.92 Å². The van der Waals surface area contributed by atoms with Gasteiger partial charge in [0.2, 0.25) is 5.91 Å². The number of amides is 1. The quantitative estimate of drug-likeness (QED) is 0.629. The van der Waals surface area contributed by atoms with Crippen LogP contribution in [0.2, 0.25) is 0 Å². The highest BCUT2D eigenvalue weighted by Gasteiger charge is 2.35. The summed E-state index contributed by atoms with van der Waals surface area (Å²) in [5.41, 5.74) is 1.20. The number of carbonyl (C=O) groups excluding carboxylic acids is 1. The van der Waals surface area contributed by atoms with E-state index in [1.165, 1.54) is 18.5 Å². The third-order valence-corrected chi connectivity index (χ3v) is 5.28. The summed E-state index contributed by atoms with van der Waals surface area (Å²) in [6.07, 6.45) is 6.73. The Morgan fingerprint density at radius 2 is 1.86 bits per heavy atom. The molecule has 6 heteroatoms. The lowest BCUT2D eigenvalue weighted by Crippen LogP contribution is -2.49. The molecule has 3 aliphatic rings. The van der Waals surface area contributed by atoms with Crippen LogP contribution in [0.1, 0.15) is 37.3 Å². The predicted octanol–water partition coefficient (Wildman–Crippen LogP) is 2.13. The Bertz CT molecular complexity index is 578. The zero-order valence-electron chi connectivity index (χ0n) is 13.0. The summed E-state index contributed by atoms with van der Waals surface area (Å²) in [6, 6.07) is 2.16. The maximum Gasteiger partial charge on any atom is 0.225 e. The van der Waals surface area contributed by atoms with Crippen LogP contribution in [0.3, 0.4) is 0 Å². The molecule has 0 unspecified atom stereocenters. The van der Waals surface area contributed by atoms with Gasteiger partial charge in [-0.05, 0) is 31.9 Å². The number of aromatic nitrogens is 2. The van der Waals surface area contributed by atoms with Gasteiger partial charge in [0.1, 0.15) is 5.82 Å². The minimum absolute atomic E-state index is 0.329. The van der Waals surface area contributed by atoms with Crippen molar-refractivity contribution in [2.75, 3.05) is 37.3 Å². The van der Waals surface area contributed by atoms with Crippen LogP contribution < -0.4 is 4.90 Å². The molecule has 0 N–H and O–H groups in total. The Balaban J connectivity index is 1.46. The second kappa shape index (κ2) is 5.72. The van der Waals surface area contributed by atoms with Crippen molar-refractivity contribution in [3.05, 3.63) is 11.8 Å². The number of thioether (sulfide) groups is 1.